The first-order chi connectivity index (χ1) is 19.3. The first kappa shape index (κ1) is 27.8. The number of hydrogen-bond acceptors (Lipinski definition) is 6. The summed E-state index contributed by atoms with van der Waals surface area (Å²) in [4.78, 5) is 34.6. The van der Waals surface area contributed by atoms with E-state index in [2.05, 4.69) is 15.3 Å². The molecule has 214 valence electrons. The molecule has 2 saturated carbocycles. The summed E-state index contributed by atoms with van der Waals surface area (Å²) in [5.41, 5.74) is 0.963. The maximum atomic E-state index is 14.6. The number of rotatable bonds is 8. The molecule has 1 atom stereocenters. The predicted octanol–water partition coefficient (Wildman–Crippen LogP) is 5.27. The van der Waals surface area contributed by atoms with Gasteiger partial charge >= 0.3 is 5.97 Å². The van der Waals surface area contributed by atoms with Crippen LogP contribution in [0.4, 0.5) is 8.78 Å². The van der Waals surface area contributed by atoms with Crippen LogP contribution in [-0.2, 0) is 9.59 Å². The zero-order valence-corrected chi connectivity index (χ0v) is 22.7. The Hall–Kier alpha value is -3.76. The van der Waals surface area contributed by atoms with Crippen LogP contribution in [0.1, 0.15) is 63.8 Å². The Bertz CT molecular complexity index is 1400. The number of amides is 1. The van der Waals surface area contributed by atoms with Gasteiger partial charge < -0.3 is 24.5 Å². The molecule has 5 rings (SSSR count). The van der Waals surface area contributed by atoms with Gasteiger partial charge in [-0.1, -0.05) is 19.3 Å². The van der Waals surface area contributed by atoms with Gasteiger partial charge in [0, 0.05) is 24.2 Å². The zero-order valence-electron chi connectivity index (χ0n) is 22.7. The van der Waals surface area contributed by atoms with E-state index >= 15 is 0 Å². The first-order valence-corrected chi connectivity index (χ1v) is 13.8. The number of nitrogens with zero attached hydrogens (tertiary/aromatic N) is 3. The fraction of sp³-hybridized carbons (Fsp3) is 0.517. The van der Waals surface area contributed by atoms with Gasteiger partial charge in [0.1, 0.15) is 11.9 Å². The highest BCUT2D eigenvalue weighted by atomic mass is 19.2. The number of ether oxygens (including phenoxy) is 2. The van der Waals surface area contributed by atoms with Gasteiger partial charge in [0.2, 0.25) is 17.7 Å². The van der Waals surface area contributed by atoms with Crippen LogP contribution in [0.2, 0.25) is 0 Å². The minimum Gasteiger partial charge on any atom is -0.481 e. The molecule has 40 heavy (non-hydrogen) atoms. The Balaban J connectivity index is 1.62. The third-order valence-corrected chi connectivity index (χ3v) is 8.28. The van der Waals surface area contributed by atoms with Crippen molar-refractivity contribution in [3.63, 3.8) is 0 Å². The number of methoxy groups -OCH3 is 2. The number of carboxylic acids is 1. The van der Waals surface area contributed by atoms with Crippen LogP contribution in [0.25, 0.3) is 22.4 Å². The summed E-state index contributed by atoms with van der Waals surface area (Å²) in [5, 5.41) is 12.5. The lowest BCUT2D eigenvalue weighted by Crippen LogP contribution is -2.44. The van der Waals surface area contributed by atoms with E-state index in [1.54, 1.807) is 16.7 Å². The van der Waals surface area contributed by atoms with Crippen LogP contribution < -0.4 is 14.8 Å². The van der Waals surface area contributed by atoms with Gasteiger partial charge in [-0.25, -0.2) is 13.8 Å². The van der Waals surface area contributed by atoms with Crippen LogP contribution in [0.15, 0.2) is 24.3 Å². The molecule has 11 heteroatoms. The van der Waals surface area contributed by atoms with E-state index in [-0.39, 0.29) is 29.3 Å². The van der Waals surface area contributed by atoms with Crippen molar-refractivity contribution in [2.75, 3.05) is 14.2 Å². The highest BCUT2D eigenvalue weighted by Crippen LogP contribution is 2.41. The Morgan fingerprint density at radius 3 is 2.33 bits per heavy atom. The Kier molecular flexibility index (Phi) is 8.18. The molecule has 2 aliphatic carbocycles. The second-order valence-electron chi connectivity index (χ2n) is 10.7. The Morgan fingerprint density at radius 2 is 1.68 bits per heavy atom. The second kappa shape index (κ2) is 11.8. The van der Waals surface area contributed by atoms with Gasteiger partial charge in [0.25, 0.3) is 0 Å². The monoisotopic (exact) mass is 556 g/mol. The van der Waals surface area contributed by atoms with Crippen molar-refractivity contribution < 1.29 is 33.0 Å². The molecule has 0 aliphatic heterocycles. The number of carbonyl (C=O) groups is 2. The average molecular weight is 557 g/mol. The van der Waals surface area contributed by atoms with Gasteiger partial charge in [-0.2, -0.15) is 4.98 Å². The summed E-state index contributed by atoms with van der Waals surface area (Å²) in [7, 11) is 2.94. The van der Waals surface area contributed by atoms with Crippen molar-refractivity contribution in [1.82, 2.24) is 19.9 Å². The molecule has 9 nitrogen and oxygen atoms in total. The molecule has 1 aromatic carbocycles. The fourth-order valence-corrected chi connectivity index (χ4v) is 6.19. The number of carboxylic acid groups (broad SMARTS) is 1. The summed E-state index contributed by atoms with van der Waals surface area (Å²) in [5.74, 6) is -2.75. The largest absolute Gasteiger partial charge is 0.481 e. The number of benzene rings is 1. The summed E-state index contributed by atoms with van der Waals surface area (Å²) < 4.78 is 41.5. The van der Waals surface area contributed by atoms with Crippen molar-refractivity contribution in [3.8, 4) is 23.1 Å². The number of halogens is 2. The number of carbonyl (C=O) groups excluding carboxylic acids is 1. The molecular weight excluding hydrogens is 522 g/mol. The minimum absolute atomic E-state index is 0.0643. The van der Waals surface area contributed by atoms with Crippen LogP contribution in [0, 0.1) is 23.5 Å². The molecule has 0 bridgehead atoms. The molecule has 2 aliphatic rings. The number of aromatic nitrogens is 3. The standard InChI is InChI=1S/C29H34F2N4O5/c1-39-24-13-12-19(28(34-24)40-2)26-33-22-14-20(30)21(31)15-23(22)35(26)25(16-6-4-3-5-7-16)27(36)32-18-10-8-17(9-11-18)29(37)38/h12-18,25H,3-11H2,1-2H3,(H,32,36)(H,37,38)/t17-,18-,25?. The van der Waals surface area contributed by atoms with E-state index in [0.717, 1.165) is 44.2 Å². The Labute approximate surface area is 230 Å². The summed E-state index contributed by atoms with van der Waals surface area (Å²) in [6.07, 6.45) is 6.68. The smallest absolute Gasteiger partial charge is 0.306 e. The molecule has 2 heterocycles. The van der Waals surface area contributed by atoms with E-state index in [1.807, 2.05) is 0 Å². The number of fused-ring (bicyclic) bond motifs is 1. The molecule has 0 spiro atoms. The van der Waals surface area contributed by atoms with E-state index in [9.17, 15) is 23.5 Å². The zero-order chi connectivity index (χ0) is 28.4. The van der Waals surface area contributed by atoms with Crippen LogP contribution in [-0.4, -0.2) is 51.8 Å². The fourth-order valence-electron chi connectivity index (χ4n) is 6.19. The lowest BCUT2D eigenvalue weighted by Gasteiger charge is -2.34. The Morgan fingerprint density at radius 1 is 0.975 bits per heavy atom. The third-order valence-electron chi connectivity index (χ3n) is 8.28. The van der Waals surface area contributed by atoms with E-state index in [1.165, 1.54) is 14.2 Å². The van der Waals surface area contributed by atoms with Crippen LogP contribution in [0.3, 0.4) is 0 Å². The lowest BCUT2D eigenvalue weighted by atomic mass is 9.82. The molecule has 0 radical (unpaired) electrons. The van der Waals surface area contributed by atoms with Crippen LogP contribution in [0.5, 0.6) is 11.8 Å². The van der Waals surface area contributed by atoms with E-state index < -0.39 is 29.6 Å². The minimum atomic E-state index is -1.03. The van der Waals surface area contributed by atoms with Gasteiger partial charge in [-0.05, 0) is 50.5 Å². The number of aliphatic carboxylic acids is 1. The molecule has 2 N–H and O–H groups in total. The average Bonchev–Trinajstić information content (AvgIpc) is 3.31. The molecule has 3 aromatic rings. The van der Waals surface area contributed by atoms with Crippen molar-refractivity contribution in [2.24, 2.45) is 11.8 Å². The maximum Gasteiger partial charge on any atom is 0.306 e. The molecule has 2 fully saturated rings. The predicted molar refractivity (Wildman–Crippen MR) is 143 cm³/mol. The van der Waals surface area contributed by atoms with Crippen molar-refractivity contribution in [1.29, 1.82) is 0 Å². The number of hydrogen-bond donors (Lipinski definition) is 2. The summed E-state index contributed by atoms with van der Waals surface area (Å²) in [6.45, 7) is 0. The van der Waals surface area contributed by atoms with Crippen molar-refractivity contribution in [3.05, 3.63) is 35.9 Å². The number of pyridine rings is 1. The molecular formula is C29H34F2N4O5. The first-order valence-electron chi connectivity index (χ1n) is 13.8. The number of nitrogens with one attached hydrogen (secondary N) is 1. The molecule has 1 unspecified atom stereocenters. The topological polar surface area (TPSA) is 116 Å². The van der Waals surface area contributed by atoms with E-state index in [4.69, 9.17) is 9.47 Å². The highest BCUT2D eigenvalue weighted by Gasteiger charge is 2.37. The third kappa shape index (κ3) is 5.46. The second-order valence-corrected chi connectivity index (χ2v) is 10.7. The van der Waals surface area contributed by atoms with Gasteiger partial charge in [-0.15, -0.1) is 0 Å². The maximum absolute atomic E-state index is 14.6. The highest BCUT2D eigenvalue weighted by molar-refractivity contribution is 5.88. The normalized spacial score (nSPS) is 20.7. The molecule has 2 aromatic heterocycles. The van der Waals surface area contributed by atoms with Gasteiger partial charge in [0.05, 0.1) is 36.7 Å². The van der Waals surface area contributed by atoms with Crippen LogP contribution >= 0.6 is 0 Å². The van der Waals surface area contributed by atoms with E-state index in [0.29, 0.717) is 48.5 Å². The van der Waals surface area contributed by atoms with Gasteiger partial charge in [0.15, 0.2) is 11.6 Å². The summed E-state index contributed by atoms with van der Waals surface area (Å²) in [6, 6.07) is 4.55. The SMILES string of the molecule is COc1ccc(-c2nc3cc(F)c(F)cc3n2C(C(=O)N[C@H]2CC[C@H](C(=O)O)CC2)C2CCCCC2)c(OC)n1. The van der Waals surface area contributed by atoms with Crippen molar-refractivity contribution >= 4 is 22.9 Å². The summed E-state index contributed by atoms with van der Waals surface area (Å²) >= 11 is 0. The van der Waals surface area contributed by atoms with Crippen molar-refractivity contribution in [2.45, 2.75) is 69.9 Å². The quantitative estimate of drug-likeness (QED) is 0.388. The number of imidazole rings is 1. The molecule has 1 amide bonds. The lowest BCUT2D eigenvalue weighted by molar-refractivity contribution is -0.142. The molecule has 0 saturated heterocycles. The van der Waals surface area contributed by atoms with Gasteiger partial charge in [-0.3, -0.25) is 9.59 Å².